The quantitative estimate of drug-likeness (QED) is 0.388. The minimum Gasteiger partial charge on any atom is -0.338 e. The molecule has 0 saturated carbocycles. The Kier molecular flexibility index (Phi) is 8.11. The van der Waals surface area contributed by atoms with E-state index in [1.807, 2.05) is 36.4 Å². The number of hydrogen-bond donors (Lipinski definition) is 1. The van der Waals surface area contributed by atoms with Gasteiger partial charge in [0.05, 0.1) is 10.6 Å². The van der Waals surface area contributed by atoms with Gasteiger partial charge in [0.15, 0.2) is 0 Å². The summed E-state index contributed by atoms with van der Waals surface area (Å²) >= 11 is 2.22. The second kappa shape index (κ2) is 11.2. The van der Waals surface area contributed by atoms with Crippen molar-refractivity contribution in [1.82, 2.24) is 13.9 Å². The minimum absolute atomic E-state index is 0.0426. The molecular weight excluding hydrogens is 637 g/mol. The Labute approximate surface area is 237 Å². The second-order valence-corrected chi connectivity index (χ2v) is 14.8. The van der Waals surface area contributed by atoms with Gasteiger partial charge in [-0.2, -0.15) is 4.72 Å². The molecule has 2 fully saturated rings. The lowest BCUT2D eigenvalue weighted by Gasteiger charge is -2.41. The zero-order valence-electron chi connectivity index (χ0n) is 20.8. The number of nitrogens with zero attached hydrogens (tertiary/aromatic N) is 2. The Hall–Kier alpha value is -2.06. The van der Waals surface area contributed by atoms with Crippen LogP contribution in [0.3, 0.4) is 0 Å². The van der Waals surface area contributed by atoms with Gasteiger partial charge in [-0.3, -0.25) is 4.79 Å². The molecule has 0 aromatic heterocycles. The van der Waals surface area contributed by atoms with Crippen molar-refractivity contribution in [2.24, 2.45) is 0 Å². The fourth-order valence-electron chi connectivity index (χ4n) is 5.30. The summed E-state index contributed by atoms with van der Waals surface area (Å²) in [6.07, 6.45) is 2.18. The van der Waals surface area contributed by atoms with Crippen LogP contribution in [0.1, 0.15) is 31.2 Å². The highest BCUT2D eigenvalue weighted by molar-refractivity contribution is 14.1. The summed E-state index contributed by atoms with van der Waals surface area (Å²) in [6.45, 7) is 1.24. The summed E-state index contributed by atoms with van der Waals surface area (Å²) in [7, 11) is -7.34. The summed E-state index contributed by atoms with van der Waals surface area (Å²) in [5, 5.41) is 1.77. The molecule has 11 heteroatoms. The van der Waals surface area contributed by atoms with Crippen LogP contribution in [0.2, 0.25) is 0 Å². The van der Waals surface area contributed by atoms with Crippen molar-refractivity contribution in [2.75, 3.05) is 19.6 Å². The van der Waals surface area contributed by atoms with Gasteiger partial charge in [0.1, 0.15) is 6.04 Å². The first-order chi connectivity index (χ1) is 18.1. The van der Waals surface area contributed by atoms with Crippen molar-refractivity contribution >= 4 is 59.3 Å². The number of sulfonamides is 2. The van der Waals surface area contributed by atoms with Gasteiger partial charge in [-0.05, 0) is 88.9 Å². The summed E-state index contributed by atoms with van der Waals surface area (Å²) in [5.74, 6) is -0.278. The van der Waals surface area contributed by atoms with Crippen LogP contribution in [0.15, 0.2) is 71.6 Å². The number of fused-ring (bicyclic) bond motifs is 1. The van der Waals surface area contributed by atoms with Gasteiger partial charge < -0.3 is 4.90 Å². The predicted molar refractivity (Wildman–Crippen MR) is 155 cm³/mol. The zero-order valence-corrected chi connectivity index (χ0v) is 24.6. The third-order valence-electron chi connectivity index (χ3n) is 7.30. The van der Waals surface area contributed by atoms with E-state index in [-0.39, 0.29) is 22.6 Å². The first kappa shape index (κ1) is 27.5. The number of piperidine rings is 2. The summed E-state index contributed by atoms with van der Waals surface area (Å²) in [6, 6.07) is 18.9. The van der Waals surface area contributed by atoms with E-state index >= 15 is 0 Å². The third kappa shape index (κ3) is 6.06. The molecule has 2 aliphatic heterocycles. The van der Waals surface area contributed by atoms with Gasteiger partial charge in [-0.1, -0.05) is 42.5 Å². The average molecular weight is 668 g/mol. The molecule has 202 valence electrons. The van der Waals surface area contributed by atoms with Crippen LogP contribution in [0.25, 0.3) is 10.8 Å². The molecule has 0 spiro atoms. The van der Waals surface area contributed by atoms with E-state index in [4.69, 9.17) is 0 Å². The maximum Gasteiger partial charge on any atom is 0.241 e. The molecular formula is C27H30IN3O5S2. The SMILES string of the molecule is O=C1[C@@H](NS(=O)(=O)c2ccc3cc(I)ccc3c2)CCCN1C1CCN(S(=O)(=O)Cc2ccccc2)CC1. The first-order valence-electron chi connectivity index (χ1n) is 12.7. The predicted octanol–water partition coefficient (Wildman–Crippen LogP) is 3.71. The van der Waals surface area contributed by atoms with E-state index in [0.717, 1.165) is 19.9 Å². The number of hydrogen-bond acceptors (Lipinski definition) is 5. The van der Waals surface area contributed by atoms with Crippen LogP contribution in [-0.2, 0) is 30.6 Å². The minimum atomic E-state index is -3.89. The summed E-state index contributed by atoms with van der Waals surface area (Å²) < 4.78 is 57.4. The number of halogens is 1. The number of amides is 1. The highest BCUT2D eigenvalue weighted by Gasteiger charge is 2.38. The highest BCUT2D eigenvalue weighted by Crippen LogP contribution is 2.26. The van der Waals surface area contributed by atoms with Gasteiger partial charge in [-0.25, -0.2) is 21.1 Å². The third-order valence-corrected chi connectivity index (χ3v) is 11.3. The number of likely N-dealkylation sites (tertiary alicyclic amines) is 1. The van der Waals surface area contributed by atoms with Crippen LogP contribution < -0.4 is 4.72 Å². The first-order valence-corrected chi connectivity index (χ1v) is 16.8. The Morgan fingerprint density at radius 3 is 2.26 bits per heavy atom. The molecule has 1 amide bonds. The van der Waals surface area contributed by atoms with Gasteiger partial charge in [0, 0.05) is 29.2 Å². The molecule has 5 rings (SSSR count). The Morgan fingerprint density at radius 2 is 1.53 bits per heavy atom. The molecule has 2 heterocycles. The smallest absolute Gasteiger partial charge is 0.241 e. The Bertz CT molecular complexity index is 1540. The van der Waals surface area contributed by atoms with E-state index in [1.54, 1.807) is 35.2 Å². The molecule has 0 bridgehead atoms. The van der Waals surface area contributed by atoms with Gasteiger partial charge in [0.25, 0.3) is 0 Å². The molecule has 0 radical (unpaired) electrons. The van der Waals surface area contributed by atoms with Gasteiger partial charge in [-0.15, -0.1) is 0 Å². The van der Waals surface area contributed by atoms with E-state index in [0.29, 0.717) is 45.3 Å². The molecule has 1 atom stereocenters. The maximum atomic E-state index is 13.4. The van der Waals surface area contributed by atoms with Gasteiger partial charge in [0.2, 0.25) is 26.0 Å². The van der Waals surface area contributed by atoms with Gasteiger partial charge >= 0.3 is 0 Å². The molecule has 0 aliphatic carbocycles. The standard InChI is InChI=1S/C27H30IN3O5S2/c28-23-10-8-22-18-25(11-9-21(22)17-23)38(35,36)29-26-7-4-14-31(27(26)32)24-12-15-30(16-13-24)37(33,34)19-20-5-2-1-3-6-20/h1-3,5-6,8-11,17-18,24,26,29H,4,7,12-16,19H2/t26-/m0/s1. The summed E-state index contributed by atoms with van der Waals surface area (Å²) in [4.78, 5) is 15.3. The Balaban J connectivity index is 1.22. The fourth-order valence-corrected chi connectivity index (χ4v) is 8.63. The molecule has 2 aliphatic rings. The zero-order chi connectivity index (χ0) is 26.9. The molecule has 3 aromatic carbocycles. The van der Waals surface area contributed by atoms with Crippen molar-refractivity contribution < 1.29 is 21.6 Å². The average Bonchev–Trinajstić information content (AvgIpc) is 2.90. The van der Waals surface area contributed by atoms with Crippen molar-refractivity contribution in [2.45, 2.75) is 48.4 Å². The van der Waals surface area contributed by atoms with E-state index in [9.17, 15) is 21.6 Å². The highest BCUT2D eigenvalue weighted by atomic mass is 127. The lowest BCUT2D eigenvalue weighted by molar-refractivity contribution is -0.138. The molecule has 3 aromatic rings. The number of benzene rings is 3. The topological polar surface area (TPSA) is 104 Å². The monoisotopic (exact) mass is 667 g/mol. The van der Waals surface area contributed by atoms with Crippen LogP contribution in [-0.4, -0.2) is 63.7 Å². The van der Waals surface area contributed by atoms with Crippen molar-refractivity contribution in [3.05, 3.63) is 75.9 Å². The van der Waals surface area contributed by atoms with Crippen LogP contribution in [0.4, 0.5) is 0 Å². The van der Waals surface area contributed by atoms with Crippen molar-refractivity contribution in [1.29, 1.82) is 0 Å². The molecule has 38 heavy (non-hydrogen) atoms. The molecule has 1 N–H and O–H groups in total. The van der Waals surface area contributed by atoms with Crippen LogP contribution in [0, 0.1) is 3.57 Å². The lowest BCUT2D eigenvalue weighted by atomic mass is 9.98. The molecule has 2 saturated heterocycles. The van der Waals surface area contributed by atoms with Crippen LogP contribution in [0.5, 0.6) is 0 Å². The molecule has 0 unspecified atom stereocenters. The van der Waals surface area contributed by atoms with Crippen LogP contribution >= 0.6 is 22.6 Å². The van der Waals surface area contributed by atoms with E-state index in [2.05, 4.69) is 27.3 Å². The maximum absolute atomic E-state index is 13.4. The fraction of sp³-hybridized carbons (Fsp3) is 0.370. The second-order valence-electron chi connectivity index (χ2n) is 9.87. The lowest BCUT2D eigenvalue weighted by Crippen LogP contribution is -2.57. The number of nitrogens with one attached hydrogen (secondary N) is 1. The number of carbonyl (C=O) groups is 1. The number of rotatable bonds is 7. The summed E-state index contributed by atoms with van der Waals surface area (Å²) in [5.41, 5.74) is 0.747. The Morgan fingerprint density at radius 1 is 0.842 bits per heavy atom. The van der Waals surface area contributed by atoms with E-state index in [1.165, 1.54) is 4.31 Å². The molecule has 8 nitrogen and oxygen atoms in total. The van der Waals surface area contributed by atoms with E-state index < -0.39 is 26.1 Å². The largest absolute Gasteiger partial charge is 0.338 e. The van der Waals surface area contributed by atoms with Crippen molar-refractivity contribution in [3.63, 3.8) is 0 Å². The normalized spacial score (nSPS) is 20.2. The number of carbonyl (C=O) groups excluding carboxylic acids is 1. The van der Waals surface area contributed by atoms with Crippen molar-refractivity contribution in [3.8, 4) is 0 Å².